The second kappa shape index (κ2) is 4.53. The maximum atomic E-state index is 11.6. The van der Waals surface area contributed by atoms with Crippen LogP contribution >= 0.6 is 0 Å². The van der Waals surface area contributed by atoms with Crippen molar-refractivity contribution >= 4 is 5.97 Å². The van der Waals surface area contributed by atoms with Crippen LogP contribution in [-0.2, 0) is 16.0 Å². The van der Waals surface area contributed by atoms with E-state index in [0.717, 1.165) is 29.8 Å². The topological polar surface area (TPSA) is 47.6 Å². The number of hydrogen-bond acceptors (Lipinski definition) is 4. The fourth-order valence-corrected chi connectivity index (χ4v) is 2.00. The summed E-state index contributed by atoms with van der Waals surface area (Å²) in [4.78, 5) is 11.6. The van der Waals surface area contributed by atoms with Crippen molar-refractivity contribution in [3.05, 3.63) is 29.3 Å². The van der Waals surface area contributed by atoms with E-state index >= 15 is 0 Å². The molecule has 16 heavy (non-hydrogen) atoms. The Labute approximate surface area is 94.6 Å². The summed E-state index contributed by atoms with van der Waals surface area (Å²) in [5.41, 5.74) is 2.13. The lowest BCUT2D eigenvalue weighted by Gasteiger charge is -2.25. The molecule has 2 rings (SSSR count). The highest BCUT2D eigenvalue weighted by atomic mass is 16.5. The van der Waals surface area contributed by atoms with Gasteiger partial charge in [-0.15, -0.1) is 0 Å². The lowest BCUT2D eigenvalue weighted by molar-refractivity contribution is -0.143. The van der Waals surface area contributed by atoms with E-state index in [4.69, 9.17) is 9.47 Å². The number of carbonyl (C=O) groups excluding carboxylic acids is 1. The van der Waals surface area contributed by atoms with Crippen molar-refractivity contribution in [3.8, 4) is 5.75 Å². The Hall–Kier alpha value is -1.55. The number of hydrogen-bond donors (Lipinski definition) is 1. The molecular weight excluding hydrogens is 206 g/mol. The van der Waals surface area contributed by atoms with Crippen LogP contribution in [-0.4, -0.2) is 26.7 Å². The fraction of sp³-hybridized carbons (Fsp3) is 0.417. The summed E-state index contributed by atoms with van der Waals surface area (Å²) in [5.74, 6) is 0.579. The predicted molar refractivity (Wildman–Crippen MR) is 59.5 cm³/mol. The van der Waals surface area contributed by atoms with Crippen molar-refractivity contribution in [1.29, 1.82) is 0 Å². The second-order valence-corrected chi connectivity index (χ2v) is 3.73. The highest BCUT2D eigenvalue weighted by Crippen LogP contribution is 2.27. The third-order valence-corrected chi connectivity index (χ3v) is 2.84. The van der Waals surface area contributed by atoms with Gasteiger partial charge in [0.2, 0.25) is 0 Å². The molecule has 1 N–H and O–H groups in total. The molecule has 1 aromatic carbocycles. The van der Waals surface area contributed by atoms with Crippen molar-refractivity contribution in [3.63, 3.8) is 0 Å². The number of nitrogens with one attached hydrogen (secondary N) is 1. The van der Waals surface area contributed by atoms with Gasteiger partial charge in [-0.05, 0) is 29.7 Å². The van der Waals surface area contributed by atoms with Crippen LogP contribution in [0.15, 0.2) is 18.2 Å². The van der Waals surface area contributed by atoms with Crippen LogP contribution in [0.5, 0.6) is 5.75 Å². The normalized spacial score (nSPS) is 18.8. The first-order chi connectivity index (χ1) is 7.76. The molecule has 86 valence electrons. The van der Waals surface area contributed by atoms with E-state index in [1.807, 2.05) is 18.2 Å². The van der Waals surface area contributed by atoms with Crippen molar-refractivity contribution in [2.24, 2.45) is 0 Å². The third kappa shape index (κ3) is 1.88. The molecule has 0 aliphatic carbocycles. The summed E-state index contributed by atoms with van der Waals surface area (Å²) in [6.07, 6.45) is 0.903. The maximum absolute atomic E-state index is 11.6. The van der Waals surface area contributed by atoms with Crippen LogP contribution in [0.4, 0.5) is 0 Å². The van der Waals surface area contributed by atoms with Gasteiger partial charge in [-0.25, -0.2) is 4.79 Å². The van der Waals surface area contributed by atoms with Crippen LogP contribution in [0.25, 0.3) is 0 Å². The zero-order valence-corrected chi connectivity index (χ0v) is 9.45. The monoisotopic (exact) mass is 221 g/mol. The first-order valence-electron chi connectivity index (χ1n) is 5.24. The molecule has 4 heteroatoms. The molecular formula is C12H15NO3. The van der Waals surface area contributed by atoms with Crippen molar-refractivity contribution in [1.82, 2.24) is 5.32 Å². The van der Waals surface area contributed by atoms with Gasteiger partial charge in [0.05, 0.1) is 14.2 Å². The molecule has 0 saturated carbocycles. The minimum Gasteiger partial charge on any atom is -0.497 e. The molecule has 1 atom stereocenters. The maximum Gasteiger partial charge on any atom is 0.327 e. The summed E-state index contributed by atoms with van der Waals surface area (Å²) in [6, 6.07) is 5.41. The number of fused-ring (bicyclic) bond motifs is 1. The average molecular weight is 221 g/mol. The van der Waals surface area contributed by atoms with Gasteiger partial charge >= 0.3 is 5.97 Å². The number of ether oxygens (including phenoxy) is 2. The molecule has 4 nitrogen and oxygen atoms in total. The van der Waals surface area contributed by atoms with E-state index in [2.05, 4.69) is 5.32 Å². The van der Waals surface area contributed by atoms with Gasteiger partial charge in [0, 0.05) is 6.54 Å². The number of rotatable bonds is 2. The van der Waals surface area contributed by atoms with Crippen molar-refractivity contribution < 1.29 is 14.3 Å². The zero-order chi connectivity index (χ0) is 11.5. The van der Waals surface area contributed by atoms with E-state index in [1.54, 1.807) is 7.11 Å². The Morgan fingerprint density at radius 3 is 2.94 bits per heavy atom. The summed E-state index contributed by atoms with van der Waals surface area (Å²) in [5, 5.41) is 3.15. The molecule has 0 saturated heterocycles. The van der Waals surface area contributed by atoms with Gasteiger partial charge < -0.3 is 14.8 Å². The summed E-state index contributed by atoms with van der Waals surface area (Å²) in [6.45, 7) is 0.778. The lowest BCUT2D eigenvalue weighted by atomic mass is 9.94. The fourth-order valence-electron chi connectivity index (χ4n) is 2.00. The quantitative estimate of drug-likeness (QED) is 0.758. The molecule has 0 aromatic heterocycles. The van der Waals surface area contributed by atoms with Crippen LogP contribution in [0.2, 0.25) is 0 Å². The number of carbonyl (C=O) groups is 1. The Balaban J connectivity index is 2.36. The highest BCUT2D eigenvalue weighted by Gasteiger charge is 2.26. The first-order valence-corrected chi connectivity index (χ1v) is 5.24. The zero-order valence-electron chi connectivity index (χ0n) is 9.45. The van der Waals surface area contributed by atoms with Gasteiger partial charge in [-0.3, -0.25) is 0 Å². The van der Waals surface area contributed by atoms with Gasteiger partial charge in [0.25, 0.3) is 0 Å². The molecule has 1 unspecified atom stereocenters. The second-order valence-electron chi connectivity index (χ2n) is 3.73. The molecule has 0 amide bonds. The lowest BCUT2D eigenvalue weighted by Crippen LogP contribution is -2.35. The van der Waals surface area contributed by atoms with E-state index in [1.165, 1.54) is 7.11 Å². The summed E-state index contributed by atoms with van der Waals surface area (Å²) >= 11 is 0. The SMILES string of the molecule is COC(=O)C1NCCc2cc(OC)ccc21. The highest BCUT2D eigenvalue weighted by molar-refractivity contribution is 5.78. The molecule has 1 heterocycles. The average Bonchev–Trinajstić information content (AvgIpc) is 2.36. The van der Waals surface area contributed by atoms with E-state index in [0.29, 0.717) is 0 Å². The molecule has 1 aliphatic heterocycles. The Morgan fingerprint density at radius 2 is 2.25 bits per heavy atom. The minimum atomic E-state index is -0.348. The standard InChI is InChI=1S/C12H15NO3/c1-15-9-3-4-10-8(7-9)5-6-13-11(10)12(14)16-2/h3-4,7,11,13H,5-6H2,1-2H3. The van der Waals surface area contributed by atoms with Crippen LogP contribution < -0.4 is 10.1 Å². The molecule has 0 bridgehead atoms. The van der Waals surface area contributed by atoms with Gasteiger partial charge in [-0.2, -0.15) is 0 Å². The van der Waals surface area contributed by atoms with Gasteiger partial charge in [0.1, 0.15) is 11.8 Å². The molecule has 0 radical (unpaired) electrons. The minimum absolute atomic E-state index is 0.244. The largest absolute Gasteiger partial charge is 0.497 e. The van der Waals surface area contributed by atoms with Crippen LogP contribution in [0, 0.1) is 0 Å². The number of methoxy groups -OCH3 is 2. The smallest absolute Gasteiger partial charge is 0.327 e. The number of benzene rings is 1. The Bertz CT molecular complexity index is 403. The summed E-state index contributed by atoms with van der Waals surface area (Å²) in [7, 11) is 3.04. The predicted octanol–water partition coefficient (Wildman–Crippen LogP) is 1.05. The summed E-state index contributed by atoms with van der Waals surface area (Å²) < 4.78 is 9.94. The molecule has 0 spiro atoms. The molecule has 1 aromatic rings. The van der Waals surface area contributed by atoms with Crippen LogP contribution in [0.1, 0.15) is 17.2 Å². The van der Waals surface area contributed by atoms with Gasteiger partial charge in [0.15, 0.2) is 0 Å². The molecule has 0 fully saturated rings. The molecule has 1 aliphatic rings. The third-order valence-electron chi connectivity index (χ3n) is 2.84. The van der Waals surface area contributed by atoms with Crippen molar-refractivity contribution in [2.45, 2.75) is 12.5 Å². The first kappa shape index (κ1) is 11.0. The Morgan fingerprint density at radius 1 is 1.44 bits per heavy atom. The van der Waals surface area contributed by atoms with E-state index in [9.17, 15) is 4.79 Å². The van der Waals surface area contributed by atoms with Crippen molar-refractivity contribution in [2.75, 3.05) is 20.8 Å². The van der Waals surface area contributed by atoms with Crippen LogP contribution in [0.3, 0.4) is 0 Å². The number of esters is 1. The Kier molecular flexibility index (Phi) is 3.10. The van der Waals surface area contributed by atoms with E-state index in [-0.39, 0.29) is 12.0 Å². The van der Waals surface area contributed by atoms with Gasteiger partial charge in [-0.1, -0.05) is 6.07 Å². The van der Waals surface area contributed by atoms with E-state index < -0.39 is 0 Å².